The third kappa shape index (κ3) is 3.10. The normalized spacial score (nSPS) is 9.13. The van der Waals surface area contributed by atoms with Crippen molar-refractivity contribution in [1.82, 2.24) is 0 Å². The highest BCUT2D eigenvalue weighted by Crippen LogP contribution is 2.32. The molecule has 0 spiro atoms. The van der Waals surface area contributed by atoms with E-state index in [0.717, 1.165) is 6.07 Å². The van der Waals surface area contributed by atoms with Crippen molar-refractivity contribution in [2.45, 2.75) is 4.90 Å². The minimum absolute atomic E-state index is 0.0890. The maximum absolute atomic E-state index is 13.1. The summed E-state index contributed by atoms with van der Waals surface area (Å²) in [7, 11) is 0. The van der Waals surface area contributed by atoms with Crippen molar-refractivity contribution in [3.05, 3.63) is 23.0 Å². The Kier molecular flexibility index (Phi) is 4.38. The molecule has 0 amide bonds. The van der Waals surface area contributed by atoms with E-state index in [4.69, 9.17) is 18.0 Å². The summed E-state index contributed by atoms with van der Waals surface area (Å²) >= 11 is 7.04. The van der Waals surface area contributed by atoms with Crippen LogP contribution in [-0.4, -0.2) is 11.8 Å². The lowest BCUT2D eigenvalue weighted by molar-refractivity contribution is 0.564. The molecule has 2 nitrogen and oxygen atoms in total. The molecule has 0 bridgehead atoms. The molecule has 0 N–H and O–H groups in total. The standard InChI is InChI=1S/C10H5ClFNOS/c1-2-3-15-10-5-9(13-6-14)8(12)4-7(10)11/h1,4-5H,3H2. The number of benzene rings is 1. The van der Waals surface area contributed by atoms with E-state index in [9.17, 15) is 9.18 Å². The quantitative estimate of drug-likeness (QED) is 0.352. The molecule has 5 heteroatoms. The second kappa shape index (κ2) is 5.57. The van der Waals surface area contributed by atoms with Gasteiger partial charge in [0, 0.05) is 4.90 Å². The largest absolute Gasteiger partial charge is 0.240 e. The van der Waals surface area contributed by atoms with Gasteiger partial charge in [0.15, 0.2) is 5.82 Å². The van der Waals surface area contributed by atoms with Crippen LogP contribution < -0.4 is 0 Å². The van der Waals surface area contributed by atoms with Crippen molar-refractivity contribution in [2.75, 3.05) is 5.75 Å². The highest BCUT2D eigenvalue weighted by Gasteiger charge is 2.08. The fourth-order valence-corrected chi connectivity index (χ4v) is 1.83. The van der Waals surface area contributed by atoms with E-state index < -0.39 is 5.82 Å². The Labute approximate surface area is 95.5 Å². The zero-order valence-corrected chi connectivity index (χ0v) is 9.03. The number of thioether (sulfide) groups is 1. The van der Waals surface area contributed by atoms with Crippen molar-refractivity contribution >= 4 is 35.1 Å². The lowest BCUT2D eigenvalue weighted by Crippen LogP contribution is -1.82. The van der Waals surface area contributed by atoms with Gasteiger partial charge in [0.1, 0.15) is 5.69 Å². The molecule has 0 saturated heterocycles. The molecule has 15 heavy (non-hydrogen) atoms. The SMILES string of the molecule is C#CCSc1cc(N=C=O)c(F)cc1Cl. The lowest BCUT2D eigenvalue weighted by Gasteiger charge is -2.03. The summed E-state index contributed by atoms with van der Waals surface area (Å²) in [5.74, 6) is 2.17. The molecule has 1 aromatic carbocycles. The van der Waals surface area contributed by atoms with Crippen molar-refractivity contribution in [1.29, 1.82) is 0 Å². The van der Waals surface area contributed by atoms with Crippen LogP contribution in [0.1, 0.15) is 0 Å². The van der Waals surface area contributed by atoms with Crippen LogP contribution in [0.2, 0.25) is 5.02 Å². The zero-order chi connectivity index (χ0) is 11.3. The number of hydrogen-bond acceptors (Lipinski definition) is 3. The summed E-state index contributed by atoms with van der Waals surface area (Å²) in [4.78, 5) is 13.8. The first kappa shape index (κ1) is 11.8. The van der Waals surface area contributed by atoms with E-state index in [1.165, 1.54) is 23.9 Å². The third-order valence-electron chi connectivity index (χ3n) is 1.48. The Morgan fingerprint density at radius 3 is 2.93 bits per heavy atom. The maximum atomic E-state index is 13.1. The van der Waals surface area contributed by atoms with Crippen LogP contribution in [0.3, 0.4) is 0 Å². The Balaban J connectivity index is 3.12. The number of isocyanates is 1. The molecular weight excluding hydrogens is 237 g/mol. The minimum atomic E-state index is -0.659. The molecule has 0 radical (unpaired) electrons. The molecular formula is C10H5ClFNOS. The number of hydrogen-bond donors (Lipinski definition) is 0. The summed E-state index contributed by atoms with van der Waals surface area (Å²) in [6.45, 7) is 0. The highest BCUT2D eigenvalue weighted by atomic mass is 35.5. The van der Waals surface area contributed by atoms with Gasteiger partial charge >= 0.3 is 0 Å². The van der Waals surface area contributed by atoms with Crippen LogP contribution in [0.15, 0.2) is 22.0 Å². The summed E-state index contributed by atoms with van der Waals surface area (Å²) in [6, 6.07) is 2.46. The van der Waals surface area contributed by atoms with Gasteiger partial charge in [0.25, 0.3) is 0 Å². The van der Waals surface area contributed by atoms with E-state index in [-0.39, 0.29) is 10.7 Å². The van der Waals surface area contributed by atoms with E-state index in [1.54, 1.807) is 0 Å². The fourth-order valence-electron chi connectivity index (χ4n) is 0.883. The van der Waals surface area contributed by atoms with Gasteiger partial charge in [0.05, 0.1) is 10.8 Å². The monoisotopic (exact) mass is 241 g/mol. The predicted octanol–water partition coefficient (Wildman–Crippen LogP) is 3.17. The van der Waals surface area contributed by atoms with Crippen LogP contribution in [0.4, 0.5) is 10.1 Å². The van der Waals surface area contributed by atoms with Gasteiger partial charge in [-0.15, -0.1) is 18.2 Å². The molecule has 0 aliphatic rings. The van der Waals surface area contributed by atoms with E-state index in [0.29, 0.717) is 10.6 Å². The predicted molar refractivity (Wildman–Crippen MR) is 58.7 cm³/mol. The number of nitrogens with zero attached hydrogens (tertiary/aromatic N) is 1. The summed E-state index contributed by atoms with van der Waals surface area (Å²) in [6.07, 6.45) is 6.35. The Bertz CT molecular complexity index is 463. The van der Waals surface area contributed by atoms with E-state index in [2.05, 4.69) is 10.9 Å². The van der Waals surface area contributed by atoms with Gasteiger partial charge in [-0.25, -0.2) is 9.18 Å². The summed E-state index contributed by atoms with van der Waals surface area (Å²) < 4.78 is 13.1. The molecule has 76 valence electrons. The smallest absolute Gasteiger partial charge is 0.211 e. The molecule has 0 aliphatic heterocycles. The van der Waals surface area contributed by atoms with Gasteiger partial charge in [-0.1, -0.05) is 17.5 Å². The Hall–Kier alpha value is -1.27. The van der Waals surface area contributed by atoms with Gasteiger partial charge in [0.2, 0.25) is 6.08 Å². The minimum Gasteiger partial charge on any atom is -0.211 e. The van der Waals surface area contributed by atoms with E-state index >= 15 is 0 Å². The topological polar surface area (TPSA) is 29.4 Å². The van der Waals surface area contributed by atoms with Crippen molar-refractivity contribution in [3.63, 3.8) is 0 Å². The average Bonchev–Trinajstić information content (AvgIpc) is 2.20. The van der Waals surface area contributed by atoms with Gasteiger partial charge in [-0.05, 0) is 12.1 Å². The molecule has 1 rings (SSSR count). The van der Waals surface area contributed by atoms with Crippen LogP contribution in [-0.2, 0) is 4.79 Å². The first-order valence-electron chi connectivity index (χ1n) is 3.82. The summed E-state index contributed by atoms with van der Waals surface area (Å²) in [5.41, 5.74) is -0.0890. The van der Waals surface area contributed by atoms with E-state index in [1.807, 2.05) is 0 Å². The summed E-state index contributed by atoms with van der Waals surface area (Å²) in [5, 5.41) is 0.248. The zero-order valence-electron chi connectivity index (χ0n) is 7.46. The number of halogens is 2. The van der Waals surface area contributed by atoms with Crippen LogP contribution >= 0.6 is 23.4 Å². The molecule has 0 atom stereocenters. The second-order valence-electron chi connectivity index (χ2n) is 2.43. The lowest BCUT2D eigenvalue weighted by atomic mass is 10.3. The number of aliphatic imine (C=N–C) groups is 1. The van der Waals surface area contributed by atoms with Crippen molar-refractivity contribution in [3.8, 4) is 12.3 Å². The Morgan fingerprint density at radius 2 is 2.33 bits per heavy atom. The highest BCUT2D eigenvalue weighted by molar-refractivity contribution is 7.99. The number of carbonyl (C=O) groups excluding carboxylic acids is 1. The molecule has 0 unspecified atom stereocenters. The number of rotatable bonds is 3. The molecule has 1 aromatic rings. The second-order valence-corrected chi connectivity index (χ2v) is 3.85. The molecule has 0 aromatic heterocycles. The molecule has 0 fully saturated rings. The van der Waals surface area contributed by atoms with Crippen molar-refractivity contribution in [2.24, 2.45) is 4.99 Å². The van der Waals surface area contributed by atoms with Crippen LogP contribution in [0, 0.1) is 18.2 Å². The average molecular weight is 242 g/mol. The van der Waals surface area contributed by atoms with Crippen molar-refractivity contribution < 1.29 is 9.18 Å². The first-order chi connectivity index (χ1) is 7.19. The molecule has 0 heterocycles. The van der Waals surface area contributed by atoms with Gasteiger partial charge in [-0.2, -0.15) is 4.99 Å². The van der Waals surface area contributed by atoms with Gasteiger partial charge < -0.3 is 0 Å². The van der Waals surface area contributed by atoms with Crippen LogP contribution in [0.25, 0.3) is 0 Å². The number of terminal acetylenes is 1. The Morgan fingerprint density at radius 1 is 1.60 bits per heavy atom. The molecule has 0 saturated carbocycles. The van der Waals surface area contributed by atoms with Gasteiger partial charge in [-0.3, -0.25) is 0 Å². The van der Waals surface area contributed by atoms with Crippen LogP contribution in [0.5, 0.6) is 0 Å². The fraction of sp³-hybridized carbons (Fsp3) is 0.100. The molecule has 0 aliphatic carbocycles. The first-order valence-corrected chi connectivity index (χ1v) is 5.18. The third-order valence-corrected chi connectivity index (χ3v) is 2.86. The maximum Gasteiger partial charge on any atom is 0.240 e.